The highest BCUT2D eigenvalue weighted by Gasteiger charge is 2.12. The summed E-state index contributed by atoms with van der Waals surface area (Å²) in [4.78, 5) is 17.9. The number of hydrogen-bond acceptors (Lipinski definition) is 4. The lowest BCUT2D eigenvalue weighted by atomic mass is 10.3. The van der Waals surface area contributed by atoms with Crippen LogP contribution in [0.3, 0.4) is 0 Å². The van der Waals surface area contributed by atoms with E-state index in [-0.39, 0.29) is 5.78 Å². The standard InChI is InChI=1S/C16H20N2O2S/c1-5-18-11(3)15(12(4)19)21-16(18)17-13-7-9-14(10-8-13)20-6-2/h7-10H,5-6H2,1-4H3. The largest absolute Gasteiger partial charge is 0.494 e. The van der Waals surface area contributed by atoms with Gasteiger partial charge in [0.25, 0.3) is 0 Å². The highest BCUT2D eigenvalue weighted by atomic mass is 32.1. The Bertz CT molecular complexity index is 696. The third-order valence-electron chi connectivity index (χ3n) is 3.17. The Labute approximate surface area is 128 Å². The number of ketones is 1. The molecule has 2 aromatic rings. The number of aromatic nitrogens is 1. The molecule has 0 unspecified atom stereocenters. The molecule has 0 aliphatic rings. The van der Waals surface area contributed by atoms with E-state index in [0.29, 0.717) is 6.61 Å². The first-order valence-corrected chi connectivity index (χ1v) is 7.87. The number of benzene rings is 1. The van der Waals surface area contributed by atoms with Crippen molar-refractivity contribution in [2.24, 2.45) is 4.99 Å². The molecule has 1 heterocycles. The third kappa shape index (κ3) is 3.42. The Morgan fingerprint density at radius 3 is 2.48 bits per heavy atom. The fourth-order valence-corrected chi connectivity index (χ4v) is 3.27. The number of thiazole rings is 1. The van der Waals surface area contributed by atoms with Crippen LogP contribution in [0.4, 0.5) is 5.69 Å². The first-order valence-electron chi connectivity index (χ1n) is 7.05. The molecule has 5 heteroatoms. The van der Waals surface area contributed by atoms with Crippen LogP contribution in [0.1, 0.15) is 36.1 Å². The SMILES string of the molecule is CCOc1ccc(N=c2sc(C(C)=O)c(C)n2CC)cc1. The van der Waals surface area contributed by atoms with Gasteiger partial charge in [0.1, 0.15) is 5.75 Å². The van der Waals surface area contributed by atoms with Crippen LogP contribution in [0.25, 0.3) is 0 Å². The Hall–Kier alpha value is -1.88. The average Bonchev–Trinajstić information content (AvgIpc) is 2.77. The number of ether oxygens (including phenoxy) is 1. The molecule has 0 radical (unpaired) electrons. The van der Waals surface area contributed by atoms with Gasteiger partial charge in [0.15, 0.2) is 10.6 Å². The summed E-state index contributed by atoms with van der Waals surface area (Å²) in [6.07, 6.45) is 0. The maximum absolute atomic E-state index is 11.7. The molecular weight excluding hydrogens is 284 g/mol. The van der Waals surface area contributed by atoms with Crippen LogP contribution in [-0.4, -0.2) is 17.0 Å². The van der Waals surface area contributed by atoms with Gasteiger partial charge in [0.2, 0.25) is 0 Å². The molecule has 0 amide bonds. The summed E-state index contributed by atoms with van der Waals surface area (Å²) in [5.74, 6) is 0.930. The van der Waals surface area contributed by atoms with Gasteiger partial charge in [-0.2, -0.15) is 0 Å². The molecule has 0 saturated carbocycles. The Morgan fingerprint density at radius 2 is 1.95 bits per heavy atom. The highest BCUT2D eigenvalue weighted by Crippen LogP contribution is 2.19. The number of rotatable bonds is 5. The van der Waals surface area contributed by atoms with Crippen LogP contribution in [0.5, 0.6) is 5.75 Å². The molecule has 0 spiro atoms. The first kappa shape index (κ1) is 15.5. The summed E-state index contributed by atoms with van der Waals surface area (Å²) in [5.41, 5.74) is 1.84. The Balaban J connectivity index is 2.45. The zero-order chi connectivity index (χ0) is 15.4. The van der Waals surface area contributed by atoms with Gasteiger partial charge in [-0.1, -0.05) is 11.3 Å². The van der Waals surface area contributed by atoms with Crippen molar-refractivity contribution in [3.8, 4) is 5.75 Å². The zero-order valence-corrected chi connectivity index (χ0v) is 13.7. The number of Topliss-reactive ketones (excluding diaryl/α,β-unsaturated/α-hetero) is 1. The van der Waals surface area contributed by atoms with Crippen LogP contribution in [0, 0.1) is 6.92 Å². The molecule has 0 N–H and O–H groups in total. The lowest BCUT2D eigenvalue weighted by Gasteiger charge is -2.03. The quantitative estimate of drug-likeness (QED) is 0.790. The maximum Gasteiger partial charge on any atom is 0.190 e. The van der Waals surface area contributed by atoms with Gasteiger partial charge in [-0.3, -0.25) is 4.79 Å². The molecule has 0 atom stereocenters. The molecule has 112 valence electrons. The van der Waals surface area contributed by atoms with Crippen molar-refractivity contribution in [3.63, 3.8) is 0 Å². The molecule has 4 nitrogen and oxygen atoms in total. The molecule has 1 aromatic carbocycles. The van der Waals surface area contributed by atoms with Crippen molar-refractivity contribution >= 4 is 22.8 Å². The van der Waals surface area contributed by atoms with E-state index in [1.54, 1.807) is 6.92 Å². The summed E-state index contributed by atoms with van der Waals surface area (Å²) in [7, 11) is 0. The fraction of sp³-hybridized carbons (Fsp3) is 0.375. The van der Waals surface area contributed by atoms with E-state index in [4.69, 9.17) is 4.74 Å². The third-order valence-corrected chi connectivity index (χ3v) is 4.45. The molecule has 0 fully saturated rings. The van der Waals surface area contributed by atoms with Gasteiger partial charge < -0.3 is 9.30 Å². The number of nitrogens with zero attached hydrogens (tertiary/aromatic N) is 2. The molecule has 1 aromatic heterocycles. The minimum atomic E-state index is 0.0906. The second-order valence-electron chi connectivity index (χ2n) is 4.64. The van der Waals surface area contributed by atoms with E-state index in [9.17, 15) is 4.79 Å². The Kier molecular flexibility index (Phi) is 4.96. The second kappa shape index (κ2) is 6.72. The second-order valence-corrected chi connectivity index (χ2v) is 5.62. The molecule has 21 heavy (non-hydrogen) atoms. The monoisotopic (exact) mass is 304 g/mol. The van der Waals surface area contributed by atoms with Gasteiger partial charge in [0, 0.05) is 19.2 Å². The number of carbonyl (C=O) groups excluding carboxylic acids is 1. The molecule has 2 rings (SSSR count). The molecule has 0 bridgehead atoms. The van der Waals surface area contributed by atoms with Crippen molar-refractivity contribution in [1.29, 1.82) is 0 Å². The van der Waals surface area contributed by atoms with Crippen LogP contribution in [-0.2, 0) is 6.54 Å². The van der Waals surface area contributed by atoms with Crippen molar-refractivity contribution in [2.75, 3.05) is 6.61 Å². The lowest BCUT2D eigenvalue weighted by molar-refractivity contribution is 0.102. The summed E-state index contributed by atoms with van der Waals surface area (Å²) in [5, 5.41) is 0. The molecular formula is C16H20N2O2S. The van der Waals surface area contributed by atoms with Crippen molar-refractivity contribution in [3.05, 3.63) is 39.6 Å². The van der Waals surface area contributed by atoms with Gasteiger partial charge in [-0.05, 0) is 45.0 Å². The number of carbonyl (C=O) groups is 1. The van der Waals surface area contributed by atoms with E-state index in [1.807, 2.05) is 38.1 Å². The normalized spacial score (nSPS) is 11.7. The fourth-order valence-electron chi connectivity index (χ4n) is 2.16. The van der Waals surface area contributed by atoms with Crippen LogP contribution >= 0.6 is 11.3 Å². The van der Waals surface area contributed by atoms with Gasteiger partial charge >= 0.3 is 0 Å². The topological polar surface area (TPSA) is 43.6 Å². The van der Waals surface area contributed by atoms with Crippen LogP contribution in [0.2, 0.25) is 0 Å². The minimum absolute atomic E-state index is 0.0906. The van der Waals surface area contributed by atoms with Gasteiger partial charge in [-0.25, -0.2) is 4.99 Å². The molecule has 0 aliphatic heterocycles. The van der Waals surface area contributed by atoms with E-state index < -0.39 is 0 Å². The van der Waals surface area contributed by atoms with E-state index >= 15 is 0 Å². The highest BCUT2D eigenvalue weighted by molar-refractivity contribution is 7.11. The predicted octanol–water partition coefficient (Wildman–Crippen LogP) is 3.71. The smallest absolute Gasteiger partial charge is 0.190 e. The van der Waals surface area contributed by atoms with Gasteiger partial charge in [0.05, 0.1) is 17.2 Å². The minimum Gasteiger partial charge on any atom is -0.494 e. The van der Waals surface area contributed by atoms with Gasteiger partial charge in [-0.15, -0.1) is 0 Å². The van der Waals surface area contributed by atoms with Crippen LogP contribution < -0.4 is 9.54 Å². The van der Waals surface area contributed by atoms with Crippen molar-refractivity contribution < 1.29 is 9.53 Å². The van der Waals surface area contributed by atoms with E-state index in [1.165, 1.54) is 11.3 Å². The lowest BCUT2D eigenvalue weighted by Crippen LogP contribution is -2.14. The summed E-state index contributed by atoms with van der Waals surface area (Å²) in [6, 6.07) is 7.66. The van der Waals surface area contributed by atoms with E-state index in [2.05, 4.69) is 16.5 Å². The summed E-state index contributed by atoms with van der Waals surface area (Å²) < 4.78 is 7.49. The summed E-state index contributed by atoms with van der Waals surface area (Å²) >= 11 is 1.44. The predicted molar refractivity (Wildman–Crippen MR) is 85.6 cm³/mol. The summed E-state index contributed by atoms with van der Waals surface area (Å²) in [6.45, 7) is 9.03. The van der Waals surface area contributed by atoms with Crippen molar-refractivity contribution in [1.82, 2.24) is 4.57 Å². The van der Waals surface area contributed by atoms with Crippen molar-refractivity contribution in [2.45, 2.75) is 34.2 Å². The molecule has 0 aliphatic carbocycles. The Morgan fingerprint density at radius 1 is 1.29 bits per heavy atom. The first-order chi connectivity index (χ1) is 10.1. The molecule has 0 saturated heterocycles. The van der Waals surface area contributed by atoms with Crippen LogP contribution in [0.15, 0.2) is 29.3 Å². The van der Waals surface area contributed by atoms with E-state index in [0.717, 1.165) is 33.4 Å². The zero-order valence-electron chi connectivity index (χ0n) is 12.8. The average molecular weight is 304 g/mol. The number of hydrogen-bond donors (Lipinski definition) is 0. The maximum atomic E-state index is 11.7.